The van der Waals surface area contributed by atoms with Crippen molar-refractivity contribution >= 4 is 21.6 Å². The predicted octanol–water partition coefficient (Wildman–Crippen LogP) is 2.69. The van der Waals surface area contributed by atoms with E-state index < -0.39 is 0 Å². The molecule has 3 nitrogen and oxygen atoms in total. The second-order valence-electron chi connectivity index (χ2n) is 2.57. The first kappa shape index (κ1) is 8.31. The van der Waals surface area contributed by atoms with Crippen LogP contribution in [0.3, 0.4) is 0 Å². The van der Waals surface area contributed by atoms with E-state index in [0.717, 1.165) is 15.9 Å². The third-order valence-corrected chi connectivity index (χ3v) is 2.34. The average Bonchev–Trinajstić information content (AvgIpc) is 2.62. The Kier molecular flexibility index (Phi) is 2.06. The van der Waals surface area contributed by atoms with Crippen molar-refractivity contribution in [1.82, 2.24) is 4.98 Å². The molecule has 0 saturated heterocycles. The van der Waals surface area contributed by atoms with Gasteiger partial charge in [-0.2, -0.15) is 0 Å². The minimum absolute atomic E-state index is 0.621. The first-order chi connectivity index (χ1) is 6.27. The zero-order chi connectivity index (χ0) is 9.26. The first-order valence-electron chi connectivity index (χ1n) is 3.72. The van der Waals surface area contributed by atoms with E-state index in [2.05, 4.69) is 20.9 Å². The van der Waals surface area contributed by atoms with Gasteiger partial charge < -0.3 is 10.2 Å². The van der Waals surface area contributed by atoms with Gasteiger partial charge in [-0.3, -0.25) is 4.98 Å². The van der Waals surface area contributed by atoms with E-state index in [-0.39, 0.29) is 0 Å². The molecule has 0 atom stereocenters. The second-order valence-corrected chi connectivity index (χ2v) is 3.42. The van der Waals surface area contributed by atoms with E-state index in [1.165, 1.54) is 0 Å². The van der Waals surface area contributed by atoms with E-state index in [0.29, 0.717) is 5.69 Å². The highest BCUT2D eigenvalue weighted by molar-refractivity contribution is 9.10. The van der Waals surface area contributed by atoms with Crippen molar-refractivity contribution in [2.24, 2.45) is 0 Å². The van der Waals surface area contributed by atoms with E-state index in [1.54, 1.807) is 12.5 Å². The highest BCUT2D eigenvalue weighted by Crippen LogP contribution is 2.24. The monoisotopic (exact) mass is 238 g/mol. The number of hydrogen-bond acceptors (Lipinski definition) is 3. The third-order valence-electron chi connectivity index (χ3n) is 1.66. The van der Waals surface area contributed by atoms with Crippen molar-refractivity contribution in [3.05, 3.63) is 35.1 Å². The molecule has 0 saturated carbocycles. The van der Waals surface area contributed by atoms with Crippen LogP contribution >= 0.6 is 15.9 Å². The maximum atomic E-state index is 5.60. The Morgan fingerprint density at radius 1 is 1.46 bits per heavy atom. The Hall–Kier alpha value is -1.29. The molecule has 2 aromatic rings. The summed E-state index contributed by atoms with van der Waals surface area (Å²) in [5, 5.41) is 0. The number of anilines is 1. The molecule has 0 radical (unpaired) electrons. The van der Waals surface area contributed by atoms with Crippen LogP contribution in [0.4, 0.5) is 5.69 Å². The molecule has 66 valence electrons. The molecule has 0 aliphatic heterocycles. The van der Waals surface area contributed by atoms with E-state index in [4.69, 9.17) is 10.2 Å². The van der Waals surface area contributed by atoms with Gasteiger partial charge >= 0.3 is 0 Å². The van der Waals surface area contributed by atoms with Crippen LogP contribution < -0.4 is 5.73 Å². The van der Waals surface area contributed by atoms with Gasteiger partial charge in [0.2, 0.25) is 0 Å². The number of halogens is 1. The van der Waals surface area contributed by atoms with Gasteiger partial charge in [0, 0.05) is 4.47 Å². The number of furan rings is 1. The zero-order valence-corrected chi connectivity index (χ0v) is 8.28. The molecule has 13 heavy (non-hydrogen) atoms. The number of hydrogen-bond donors (Lipinski definition) is 1. The van der Waals surface area contributed by atoms with Gasteiger partial charge in [-0.05, 0) is 34.1 Å². The van der Waals surface area contributed by atoms with Gasteiger partial charge in [0.05, 0.1) is 18.1 Å². The maximum absolute atomic E-state index is 5.60. The second kappa shape index (κ2) is 3.22. The minimum atomic E-state index is 0.621. The number of nitrogen functional groups attached to an aromatic ring is 1. The Morgan fingerprint density at radius 3 is 2.92 bits per heavy atom. The minimum Gasteiger partial charge on any atom is -0.463 e. The van der Waals surface area contributed by atoms with Crippen LogP contribution in [-0.4, -0.2) is 4.98 Å². The number of pyridine rings is 1. The summed E-state index contributed by atoms with van der Waals surface area (Å²) in [6.45, 7) is 0. The molecular weight excluding hydrogens is 232 g/mol. The lowest BCUT2D eigenvalue weighted by atomic mass is 10.3. The van der Waals surface area contributed by atoms with Crippen LogP contribution in [0.1, 0.15) is 0 Å². The molecule has 2 rings (SSSR count). The molecule has 2 N–H and O–H groups in total. The molecule has 2 aromatic heterocycles. The smallest absolute Gasteiger partial charge is 0.152 e. The molecule has 0 aliphatic carbocycles. The molecular formula is C9H7BrN2O. The lowest BCUT2D eigenvalue weighted by Crippen LogP contribution is -1.89. The fourth-order valence-corrected chi connectivity index (χ4v) is 1.32. The molecule has 0 unspecified atom stereocenters. The topological polar surface area (TPSA) is 52.0 Å². The van der Waals surface area contributed by atoms with Gasteiger partial charge in [0.1, 0.15) is 5.69 Å². The first-order valence-corrected chi connectivity index (χ1v) is 4.51. The van der Waals surface area contributed by atoms with Gasteiger partial charge in [-0.25, -0.2) is 0 Å². The Balaban J connectivity index is 2.49. The number of rotatable bonds is 1. The zero-order valence-electron chi connectivity index (χ0n) is 6.70. The molecule has 0 fully saturated rings. The van der Waals surface area contributed by atoms with Crippen LogP contribution in [0.5, 0.6) is 0 Å². The lowest BCUT2D eigenvalue weighted by molar-refractivity contribution is 0.580. The molecule has 2 heterocycles. The Morgan fingerprint density at radius 2 is 2.31 bits per heavy atom. The van der Waals surface area contributed by atoms with Crippen LogP contribution in [-0.2, 0) is 0 Å². The third kappa shape index (κ3) is 1.58. The summed E-state index contributed by atoms with van der Waals surface area (Å²) >= 11 is 3.32. The van der Waals surface area contributed by atoms with Crippen LogP contribution in [0.2, 0.25) is 0 Å². The van der Waals surface area contributed by atoms with Gasteiger partial charge in [-0.15, -0.1) is 0 Å². The van der Waals surface area contributed by atoms with E-state index in [1.807, 2.05) is 18.2 Å². The number of nitrogens with two attached hydrogens (primary N) is 1. The largest absolute Gasteiger partial charge is 0.463 e. The molecule has 0 bridgehead atoms. The summed E-state index contributed by atoms with van der Waals surface area (Å²) in [4.78, 5) is 4.13. The average molecular weight is 239 g/mol. The normalized spacial score (nSPS) is 10.2. The summed E-state index contributed by atoms with van der Waals surface area (Å²) in [6, 6.07) is 5.50. The van der Waals surface area contributed by atoms with Crippen molar-refractivity contribution in [1.29, 1.82) is 0 Å². The standard InChI is InChI=1S/C9H7BrN2O/c10-6-4-8(12-5-7(6)11)9-2-1-3-13-9/h1-5H,11H2. The SMILES string of the molecule is Nc1cnc(-c2ccco2)cc1Br. The van der Waals surface area contributed by atoms with Crippen molar-refractivity contribution in [3.8, 4) is 11.5 Å². The fourth-order valence-electron chi connectivity index (χ4n) is 1.00. The van der Waals surface area contributed by atoms with Gasteiger partial charge in [-0.1, -0.05) is 0 Å². The molecule has 4 heteroatoms. The number of aromatic nitrogens is 1. The molecule has 0 amide bonds. The highest BCUT2D eigenvalue weighted by Gasteiger charge is 2.03. The fraction of sp³-hybridized carbons (Fsp3) is 0. The van der Waals surface area contributed by atoms with Gasteiger partial charge in [0.15, 0.2) is 5.76 Å². The summed E-state index contributed by atoms with van der Waals surface area (Å²) in [5.74, 6) is 0.737. The van der Waals surface area contributed by atoms with Crippen molar-refractivity contribution < 1.29 is 4.42 Å². The summed E-state index contributed by atoms with van der Waals surface area (Å²) in [6.07, 6.45) is 3.21. The quantitative estimate of drug-likeness (QED) is 0.832. The van der Waals surface area contributed by atoms with Crippen molar-refractivity contribution in [2.45, 2.75) is 0 Å². The predicted molar refractivity (Wildman–Crippen MR) is 54.1 cm³/mol. The molecule has 0 aromatic carbocycles. The van der Waals surface area contributed by atoms with Crippen molar-refractivity contribution in [3.63, 3.8) is 0 Å². The Labute approximate surface area is 83.7 Å². The van der Waals surface area contributed by atoms with E-state index in [9.17, 15) is 0 Å². The highest BCUT2D eigenvalue weighted by atomic mass is 79.9. The lowest BCUT2D eigenvalue weighted by Gasteiger charge is -1.99. The summed E-state index contributed by atoms with van der Waals surface area (Å²) < 4.78 is 6.02. The van der Waals surface area contributed by atoms with Crippen LogP contribution in [0.25, 0.3) is 11.5 Å². The molecule has 0 aliphatic rings. The van der Waals surface area contributed by atoms with Crippen LogP contribution in [0, 0.1) is 0 Å². The molecule has 0 spiro atoms. The van der Waals surface area contributed by atoms with Crippen LogP contribution in [0.15, 0.2) is 39.5 Å². The van der Waals surface area contributed by atoms with E-state index >= 15 is 0 Å². The van der Waals surface area contributed by atoms with Crippen molar-refractivity contribution in [2.75, 3.05) is 5.73 Å². The number of nitrogens with zero attached hydrogens (tertiary/aromatic N) is 1. The Bertz CT molecular complexity index is 412. The summed E-state index contributed by atoms with van der Waals surface area (Å²) in [7, 11) is 0. The maximum Gasteiger partial charge on any atom is 0.152 e. The summed E-state index contributed by atoms with van der Waals surface area (Å²) in [5.41, 5.74) is 6.99. The van der Waals surface area contributed by atoms with Gasteiger partial charge in [0.25, 0.3) is 0 Å².